The van der Waals surface area contributed by atoms with Crippen molar-refractivity contribution in [2.45, 2.75) is 12.8 Å². The summed E-state index contributed by atoms with van der Waals surface area (Å²) >= 11 is 7.65. The number of halogens is 2. The molecule has 94 valence electrons. The summed E-state index contributed by atoms with van der Waals surface area (Å²) in [4.78, 5) is 4.13. The molecule has 0 saturated heterocycles. The third kappa shape index (κ3) is 3.83. The van der Waals surface area contributed by atoms with Crippen LogP contribution in [0.3, 0.4) is 0 Å². The van der Waals surface area contributed by atoms with Gasteiger partial charge in [0, 0.05) is 12.6 Å². The third-order valence-electron chi connectivity index (χ3n) is 3.02. The van der Waals surface area contributed by atoms with E-state index in [9.17, 15) is 0 Å². The first-order valence-electron chi connectivity index (χ1n) is 5.43. The summed E-state index contributed by atoms with van der Waals surface area (Å²) in [7, 11) is 2.17. The molecular formula is C12H16ClIN2S. The summed E-state index contributed by atoms with van der Waals surface area (Å²) in [5.41, 5.74) is 1.27. The Balaban J connectivity index is 0.00000144. The summed E-state index contributed by atoms with van der Waals surface area (Å²) < 4.78 is 2.36. The van der Waals surface area contributed by atoms with E-state index < -0.39 is 0 Å². The van der Waals surface area contributed by atoms with Crippen LogP contribution in [0.25, 0.3) is 0 Å². The molecule has 0 aromatic carbocycles. The Hall–Kier alpha value is 0.190. The van der Waals surface area contributed by atoms with Crippen LogP contribution in [-0.2, 0) is 6.42 Å². The first kappa shape index (κ1) is 15.2. The van der Waals surface area contributed by atoms with Crippen molar-refractivity contribution in [3.8, 4) is 0 Å². The topological polar surface area (TPSA) is 15.9 Å². The summed E-state index contributed by atoms with van der Waals surface area (Å²) in [6, 6.07) is 3.94. The summed E-state index contributed by atoms with van der Waals surface area (Å²) in [5.74, 6) is 0.656. The number of nitrogens with zero attached hydrogens (tertiary/aromatic N) is 2. The second-order valence-electron chi connectivity index (χ2n) is 4.14. The van der Waals surface area contributed by atoms with Crippen LogP contribution >= 0.6 is 23.4 Å². The van der Waals surface area contributed by atoms with Gasteiger partial charge in [-0.3, -0.25) is 0 Å². The molecule has 0 fully saturated rings. The quantitative estimate of drug-likeness (QED) is 0.397. The van der Waals surface area contributed by atoms with E-state index in [0.29, 0.717) is 11.1 Å². The van der Waals surface area contributed by atoms with Crippen molar-refractivity contribution in [3.05, 3.63) is 29.0 Å². The smallest absolute Gasteiger partial charge is 0.213 e. The SMILES string of the molecule is CSC1=[N+](C)CCC1Cc1ccc(Cl)nc1.[I-]. The van der Waals surface area contributed by atoms with Crippen molar-refractivity contribution in [1.82, 2.24) is 4.98 Å². The molecule has 0 saturated carbocycles. The van der Waals surface area contributed by atoms with E-state index in [1.165, 1.54) is 23.6 Å². The average molecular weight is 383 g/mol. The Bertz CT molecular complexity index is 405. The van der Waals surface area contributed by atoms with Gasteiger partial charge in [0.15, 0.2) is 0 Å². The molecule has 1 atom stereocenters. The third-order valence-corrected chi connectivity index (χ3v) is 4.31. The summed E-state index contributed by atoms with van der Waals surface area (Å²) in [6.07, 6.45) is 6.36. The zero-order valence-electron chi connectivity index (χ0n) is 9.99. The molecule has 1 aliphatic heterocycles. The minimum Gasteiger partial charge on any atom is -1.00 e. The fourth-order valence-corrected chi connectivity index (χ4v) is 3.27. The number of aromatic nitrogens is 1. The molecule has 0 radical (unpaired) electrons. The van der Waals surface area contributed by atoms with E-state index in [4.69, 9.17) is 11.6 Å². The number of hydrogen-bond donors (Lipinski definition) is 0. The van der Waals surface area contributed by atoms with Crippen LogP contribution < -0.4 is 24.0 Å². The lowest BCUT2D eigenvalue weighted by atomic mass is 10.0. The van der Waals surface area contributed by atoms with Gasteiger partial charge in [-0.1, -0.05) is 29.4 Å². The maximum Gasteiger partial charge on any atom is 0.213 e. The Kier molecular flexibility index (Phi) is 6.23. The molecule has 1 aromatic rings. The fraction of sp³-hybridized carbons (Fsp3) is 0.500. The van der Waals surface area contributed by atoms with Crippen molar-refractivity contribution < 1.29 is 28.6 Å². The zero-order valence-corrected chi connectivity index (χ0v) is 13.7. The maximum absolute atomic E-state index is 5.78. The molecule has 1 aliphatic rings. The molecule has 0 bridgehead atoms. The van der Waals surface area contributed by atoms with Crippen LogP contribution in [0.2, 0.25) is 5.15 Å². The molecular weight excluding hydrogens is 367 g/mol. The van der Waals surface area contributed by atoms with E-state index in [0.717, 1.165) is 6.42 Å². The predicted octanol–water partition coefficient (Wildman–Crippen LogP) is -0.295. The first-order chi connectivity index (χ1) is 7.70. The monoisotopic (exact) mass is 382 g/mol. The van der Waals surface area contributed by atoms with Gasteiger partial charge >= 0.3 is 0 Å². The lowest BCUT2D eigenvalue weighted by Gasteiger charge is -2.07. The van der Waals surface area contributed by atoms with Gasteiger partial charge in [0.25, 0.3) is 0 Å². The van der Waals surface area contributed by atoms with Crippen molar-refractivity contribution in [1.29, 1.82) is 0 Å². The van der Waals surface area contributed by atoms with Gasteiger partial charge in [0.2, 0.25) is 5.04 Å². The Morgan fingerprint density at radius 3 is 2.88 bits per heavy atom. The molecule has 0 amide bonds. The first-order valence-corrected chi connectivity index (χ1v) is 7.03. The van der Waals surface area contributed by atoms with Crippen LogP contribution in [0.15, 0.2) is 18.3 Å². The van der Waals surface area contributed by atoms with Gasteiger partial charge in [-0.15, -0.1) is 0 Å². The van der Waals surface area contributed by atoms with Crippen LogP contribution in [-0.4, -0.2) is 34.5 Å². The van der Waals surface area contributed by atoms with E-state index in [2.05, 4.69) is 28.9 Å². The number of rotatable bonds is 2. The van der Waals surface area contributed by atoms with Crippen molar-refractivity contribution >= 4 is 28.4 Å². The molecule has 2 heterocycles. The summed E-state index contributed by atoms with van der Waals surface area (Å²) in [6.45, 7) is 1.17. The van der Waals surface area contributed by atoms with Crippen molar-refractivity contribution in [2.75, 3.05) is 19.8 Å². The molecule has 0 aliphatic carbocycles. The van der Waals surface area contributed by atoms with Gasteiger partial charge in [0.05, 0.1) is 5.92 Å². The highest BCUT2D eigenvalue weighted by Gasteiger charge is 2.30. The van der Waals surface area contributed by atoms with Gasteiger partial charge < -0.3 is 24.0 Å². The van der Waals surface area contributed by atoms with E-state index in [1.807, 2.05) is 24.0 Å². The average Bonchev–Trinajstić information content (AvgIpc) is 2.63. The lowest BCUT2D eigenvalue weighted by molar-refractivity contribution is -0.486. The van der Waals surface area contributed by atoms with Crippen molar-refractivity contribution in [2.24, 2.45) is 5.92 Å². The van der Waals surface area contributed by atoms with E-state index in [-0.39, 0.29) is 24.0 Å². The van der Waals surface area contributed by atoms with E-state index in [1.54, 1.807) is 0 Å². The predicted molar refractivity (Wildman–Crippen MR) is 70.6 cm³/mol. The molecule has 1 aromatic heterocycles. The van der Waals surface area contributed by atoms with Crippen LogP contribution in [0.5, 0.6) is 0 Å². The largest absolute Gasteiger partial charge is 1.00 e. The van der Waals surface area contributed by atoms with Gasteiger partial charge in [-0.2, -0.15) is 0 Å². The molecule has 2 rings (SSSR count). The second kappa shape index (κ2) is 6.95. The number of thioether (sulfide) groups is 1. The van der Waals surface area contributed by atoms with Crippen LogP contribution in [0.1, 0.15) is 12.0 Å². The Morgan fingerprint density at radius 1 is 1.53 bits per heavy atom. The lowest BCUT2D eigenvalue weighted by Crippen LogP contribution is -3.00. The highest BCUT2D eigenvalue weighted by Crippen LogP contribution is 2.24. The molecule has 0 spiro atoms. The number of hydrogen-bond acceptors (Lipinski definition) is 2. The number of pyridine rings is 1. The standard InChI is InChI=1S/C12H16ClN2S.HI/c1-15-6-5-10(12(15)16-2)7-9-3-4-11(13)14-8-9;/h3-4,8,10H,5-7H2,1-2H3;1H/q+1;/p-1. The molecule has 17 heavy (non-hydrogen) atoms. The Labute approximate surface area is 129 Å². The van der Waals surface area contributed by atoms with Gasteiger partial charge in [-0.25, -0.2) is 9.56 Å². The summed E-state index contributed by atoms with van der Waals surface area (Å²) in [5, 5.41) is 2.07. The van der Waals surface area contributed by atoms with Crippen LogP contribution in [0.4, 0.5) is 0 Å². The van der Waals surface area contributed by atoms with Gasteiger partial charge in [-0.05, 0) is 24.3 Å². The molecule has 5 heteroatoms. The molecule has 2 nitrogen and oxygen atoms in total. The van der Waals surface area contributed by atoms with Crippen molar-refractivity contribution in [3.63, 3.8) is 0 Å². The normalized spacial score (nSPS) is 19.4. The highest BCUT2D eigenvalue weighted by molar-refractivity contribution is 8.13. The minimum absolute atomic E-state index is 0. The van der Waals surface area contributed by atoms with Gasteiger partial charge in [0.1, 0.15) is 18.7 Å². The highest BCUT2D eigenvalue weighted by atomic mass is 127. The second-order valence-corrected chi connectivity index (χ2v) is 5.36. The Morgan fingerprint density at radius 2 is 2.29 bits per heavy atom. The fourth-order valence-electron chi connectivity index (χ4n) is 2.22. The van der Waals surface area contributed by atoms with Crippen LogP contribution in [0, 0.1) is 5.92 Å². The maximum atomic E-state index is 5.78. The zero-order chi connectivity index (χ0) is 11.5. The van der Waals surface area contributed by atoms with E-state index >= 15 is 0 Å². The molecule has 0 N–H and O–H groups in total. The molecule has 1 unspecified atom stereocenters. The minimum atomic E-state index is 0.